The van der Waals surface area contributed by atoms with E-state index in [0.29, 0.717) is 12.0 Å². The summed E-state index contributed by atoms with van der Waals surface area (Å²) in [5, 5.41) is 2.42. The molecule has 1 amide bonds. The Kier molecular flexibility index (Phi) is 14.3. The monoisotopic (exact) mass is 543 g/mol. The van der Waals surface area contributed by atoms with Crippen molar-refractivity contribution in [3.05, 3.63) is 54.1 Å². The fraction of sp³-hybridized carbons (Fsp3) is 0.400. The Bertz CT molecular complexity index is 1140. The molecule has 2 rings (SSSR count). The van der Waals surface area contributed by atoms with E-state index in [1.54, 1.807) is 30.3 Å². The van der Waals surface area contributed by atoms with Crippen LogP contribution in [0, 0.1) is 0 Å². The first-order valence-corrected chi connectivity index (χ1v) is 12.2. The zero-order valence-electron chi connectivity index (χ0n) is 20.1. The van der Waals surface area contributed by atoms with Crippen molar-refractivity contribution in [1.29, 1.82) is 0 Å². The standard InChI is InChI=1S/C24H29NO9S.CH4.FH/c1-16(26)8-7-11-19(34-24(28)23(33-3)17-9-5-4-6-10-17)15-22(27)25-20-13-12-18(32-2)14-21(20)35(29,30)31;;/h4-6,9-10,12-14,19,23H,7-8,11,15H2,1-3H3,(H,25,27)(H,29,30,31);1H4;1H. The molecule has 2 N–H and O–H groups in total. The summed E-state index contributed by atoms with van der Waals surface area (Å²) in [6, 6.07) is 12.4. The molecular weight excluding hydrogens is 509 g/mol. The second-order valence-corrected chi connectivity index (χ2v) is 9.16. The maximum Gasteiger partial charge on any atom is 0.340 e. The van der Waals surface area contributed by atoms with Gasteiger partial charge in [-0.25, -0.2) is 4.79 Å². The molecule has 0 aliphatic heterocycles. The molecule has 10 nitrogen and oxygen atoms in total. The first-order valence-electron chi connectivity index (χ1n) is 10.8. The van der Waals surface area contributed by atoms with E-state index in [1.165, 1.54) is 33.3 Å². The van der Waals surface area contributed by atoms with Crippen LogP contribution < -0.4 is 10.1 Å². The highest BCUT2D eigenvalue weighted by Gasteiger charge is 2.27. The Balaban J connectivity index is 0.00000648. The molecule has 0 radical (unpaired) electrons. The van der Waals surface area contributed by atoms with Gasteiger partial charge in [0.05, 0.1) is 19.2 Å². The van der Waals surface area contributed by atoms with Crippen LogP contribution in [0.5, 0.6) is 5.75 Å². The highest BCUT2D eigenvalue weighted by atomic mass is 32.2. The molecule has 2 aromatic rings. The quantitative estimate of drug-likeness (QED) is 0.281. The Morgan fingerprint density at radius 3 is 2.24 bits per heavy atom. The SMILES string of the molecule is C.COc1ccc(NC(=O)CC(CCCC(C)=O)OC(=O)C(OC)c2ccccc2)c(S(=O)(=O)O)c1.F. The van der Waals surface area contributed by atoms with Gasteiger partial charge in [-0.1, -0.05) is 37.8 Å². The van der Waals surface area contributed by atoms with E-state index < -0.39 is 39.1 Å². The van der Waals surface area contributed by atoms with Crippen LogP contribution in [0.3, 0.4) is 0 Å². The third-order valence-corrected chi connectivity index (χ3v) is 5.94. The van der Waals surface area contributed by atoms with Gasteiger partial charge in [-0.15, -0.1) is 0 Å². The maximum atomic E-state index is 12.8. The zero-order valence-corrected chi connectivity index (χ0v) is 20.9. The van der Waals surface area contributed by atoms with Gasteiger partial charge in [0.15, 0.2) is 6.10 Å². The van der Waals surface area contributed by atoms with Gasteiger partial charge in [-0.05, 0) is 37.5 Å². The van der Waals surface area contributed by atoms with Crippen molar-refractivity contribution in [1.82, 2.24) is 0 Å². The molecule has 0 spiro atoms. The number of methoxy groups -OCH3 is 2. The number of carbonyl (C=O) groups is 3. The lowest BCUT2D eigenvalue weighted by Gasteiger charge is -2.21. The fourth-order valence-electron chi connectivity index (χ4n) is 3.36. The Morgan fingerprint density at radius 1 is 1.05 bits per heavy atom. The minimum absolute atomic E-state index is 0. The molecule has 0 heterocycles. The number of ketones is 1. The summed E-state index contributed by atoms with van der Waals surface area (Å²) in [4.78, 5) is 36.3. The molecule has 37 heavy (non-hydrogen) atoms. The predicted octanol–water partition coefficient (Wildman–Crippen LogP) is 4.12. The average Bonchev–Trinajstić information content (AvgIpc) is 2.79. The van der Waals surface area contributed by atoms with Crippen LogP contribution in [0.1, 0.15) is 51.7 Å². The lowest BCUT2D eigenvalue weighted by atomic mass is 10.1. The van der Waals surface area contributed by atoms with Crippen LogP contribution in [-0.4, -0.2) is 51.0 Å². The van der Waals surface area contributed by atoms with Crippen LogP contribution in [-0.2, 0) is 34.0 Å². The van der Waals surface area contributed by atoms with Gasteiger partial charge in [0.2, 0.25) is 5.91 Å². The Labute approximate surface area is 216 Å². The molecule has 0 aliphatic carbocycles. The topological polar surface area (TPSA) is 145 Å². The van der Waals surface area contributed by atoms with Crippen molar-refractivity contribution < 1.29 is 46.3 Å². The first-order chi connectivity index (χ1) is 16.5. The summed E-state index contributed by atoms with van der Waals surface area (Å²) in [5.74, 6) is -1.25. The number of amides is 1. The number of halogens is 1. The molecule has 2 aromatic carbocycles. The van der Waals surface area contributed by atoms with E-state index in [4.69, 9.17) is 14.2 Å². The number of benzene rings is 2. The van der Waals surface area contributed by atoms with Gasteiger partial charge in [0.1, 0.15) is 22.5 Å². The minimum Gasteiger partial charge on any atom is -0.497 e. The van der Waals surface area contributed by atoms with Gasteiger partial charge >= 0.3 is 5.97 Å². The second kappa shape index (κ2) is 15.7. The normalized spacial score (nSPS) is 12.2. The number of hydrogen-bond donors (Lipinski definition) is 2. The lowest BCUT2D eigenvalue weighted by molar-refractivity contribution is -0.162. The highest BCUT2D eigenvalue weighted by Crippen LogP contribution is 2.27. The number of hydrogen-bond acceptors (Lipinski definition) is 8. The number of Topliss-reactive ketones (excluding diaryl/α,β-unsaturated/α-hetero) is 1. The summed E-state index contributed by atoms with van der Waals surface area (Å²) in [6.07, 6.45) is -1.39. The second-order valence-electron chi connectivity index (χ2n) is 7.77. The van der Waals surface area contributed by atoms with Gasteiger partial charge in [0.25, 0.3) is 10.1 Å². The van der Waals surface area contributed by atoms with Crippen LogP contribution in [0.4, 0.5) is 10.4 Å². The molecule has 0 aromatic heterocycles. The molecule has 2 atom stereocenters. The number of anilines is 1. The molecule has 0 fully saturated rings. The third kappa shape index (κ3) is 10.7. The number of carbonyl (C=O) groups excluding carboxylic acids is 3. The summed E-state index contributed by atoms with van der Waals surface area (Å²) < 4.78 is 48.8. The zero-order chi connectivity index (χ0) is 26.0. The maximum absolute atomic E-state index is 12.8. The lowest BCUT2D eigenvalue weighted by Crippen LogP contribution is -2.28. The van der Waals surface area contributed by atoms with E-state index in [9.17, 15) is 27.4 Å². The van der Waals surface area contributed by atoms with Gasteiger partial charge in [-0.3, -0.25) is 14.1 Å². The number of esters is 1. The summed E-state index contributed by atoms with van der Waals surface area (Å²) in [7, 11) is -1.98. The first kappa shape index (κ1) is 33.7. The molecule has 2 unspecified atom stereocenters. The number of rotatable bonds is 13. The Hall–Kier alpha value is -3.35. The van der Waals surface area contributed by atoms with E-state index in [0.717, 1.165) is 6.07 Å². The molecule has 0 saturated carbocycles. The van der Waals surface area contributed by atoms with Crippen molar-refractivity contribution in [2.45, 2.75) is 57.1 Å². The fourth-order valence-corrected chi connectivity index (χ4v) is 4.02. The largest absolute Gasteiger partial charge is 0.497 e. The van der Waals surface area contributed by atoms with Crippen molar-refractivity contribution >= 4 is 33.5 Å². The molecule has 12 heteroatoms. The average molecular weight is 544 g/mol. The van der Waals surface area contributed by atoms with Crippen LogP contribution >= 0.6 is 0 Å². The van der Waals surface area contributed by atoms with Crippen molar-refractivity contribution in [2.75, 3.05) is 19.5 Å². The van der Waals surface area contributed by atoms with Crippen molar-refractivity contribution in [2.24, 2.45) is 0 Å². The van der Waals surface area contributed by atoms with E-state index in [1.807, 2.05) is 0 Å². The van der Waals surface area contributed by atoms with Gasteiger partial charge < -0.3 is 24.3 Å². The summed E-state index contributed by atoms with van der Waals surface area (Å²) >= 11 is 0. The summed E-state index contributed by atoms with van der Waals surface area (Å²) in [5.41, 5.74) is 0.411. The van der Waals surface area contributed by atoms with Gasteiger partial charge in [-0.2, -0.15) is 8.42 Å². The number of ether oxygens (including phenoxy) is 3. The van der Waals surface area contributed by atoms with Crippen LogP contribution in [0.25, 0.3) is 0 Å². The molecular formula is C25H34FNO9S. The minimum atomic E-state index is -4.66. The smallest absolute Gasteiger partial charge is 0.340 e. The molecule has 0 aliphatic rings. The van der Waals surface area contributed by atoms with Gasteiger partial charge in [0, 0.05) is 19.6 Å². The van der Waals surface area contributed by atoms with E-state index >= 15 is 0 Å². The van der Waals surface area contributed by atoms with Crippen LogP contribution in [0.2, 0.25) is 0 Å². The van der Waals surface area contributed by atoms with Crippen molar-refractivity contribution in [3.63, 3.8) is 0 Å². The number of nitrogens with one attached hydrogen (secondary N) is 1. The molecule has 0 saturated heterocycles. The third-order valence-electron chi connectivity index (χ3n) is 5.04. The van der Waals surface area contributed by atoms with E-state index in [2.05, 4.69) is 5.32 Å². The summed E-state index contributed by atoms with van der Waals surface area (Å²) in [6.45, 7) is 1.44. The molecule has 206 valence electrons. The highest BCUT2D eigenvalue weighted by molar-refractivity contribution is 7.86. The van der Waals surface area contributed by atoms with E-state index in [-0.39, 0.29) is 48.6 Å². The molecule has 0 bridgehead atoms. The predicted molar refractivity (Wildman–Crippen MR) is 136 cm³/mol. The Morgan fingerprint density at radius 2 is 1.70 bits per heavy atom. The van der Waals surface area contributed by atoms with Crippen molar-refractivity contribution in [3.8, 4) is 5.75 Å². The van der Waals surface area contributed by atoms with Crippen LogP contribution in [0.15, 0.2) is 53.4 Å².